The molecule has 1 amide bonds. The van der Waals surface area contributed by atoms with Crippen molar-refractivity contribution in [1.29, 1.82) is 0 Å². The molecule has 29 heavy (non-hydrogen) atoms. The number of unbranched alkanes of at least 4 members (excludes halogenated alkanes) is 15. The van der Waals surface area contributed by atoms with E-state index in [1.54, 1.807) is 7.11 Å². The van der Waals surface area contributed by atoms with Crippen molar-refractivity contribution in [3.8, 4) is 5.75 Å². The molecule has 3 heteroatoms. The zero-order valence-corrected chi connectivity index (χ0v) is 19.1. The highest BCUT2D eigenvalue weighted by molar-refractivity contribution is 5.94. The van der Waals surface area contributed by atoms with Crippen molar-refractivity contribution < 1.29 is 9.53 Å². The molecule has 1 aromatic carbocycles. The number of carbonyl (C=O) groups excluding carboxylic acids is 1. The molecular weight excluding hydrogens is 358 g/mol. The molecule has 0 saturated carbocycles. The lowest BCUT2D eigenvalue weighted by atomic mass is 10.0. The first kappa shape index (κ1) is 25.5. The fraction of sp³-hybridized carbons (Fsp3) is 0.731. The van der Waals surface area contributed by atoms with E-state index in [2.05, 4.69) is 12.2 Å². The fourth-order valence-electron chi connectivity index (χ4n) is 3.72. The molecule has 1 aromatic rings. The van der Waals surface area contributed by atoms with Gasteiger partial charge in [0.2, 0.25) is 0 Å². The molecule has 1 N–H and O–H groups in total. The lowest BCUT2D eigenvalue weighted by molar-refractivity contribution is 0.0953. The summed E-state index contributed by atoms with van der Waals surface area (Å²) < 4.78 is 5.11. The lowest BCUT2D eigenvalue weighted by Gasteiger charge is -2.06. The molecular formula is C26H45NO2. The second-order valence-corrected chi connectivity index (χ2v) is 8.29. The van der Waals surface area contributed by atoms with Gasteiger partial charge in [0, 0.05) is 12.1 Å². The van der Waals surface area contributed by atoms with Crippen LogP contribution in [0, 0.1) is 0 Å². The van der Waals surface area contributed by atoms with Crippen LogP contribution in [0.1, 0.15) is 120 Å². The highest BCUT2D eigenvalue weighted by Gasteiger charge is 2.04. The van der Waals surface area contributed by atoms with Crippen molar-refractivity contribution >= 4 is 5.91 Å². The highest BCUT2D eigenvalue weighted by Crippen LogP contribution is 2.14. The summed E-state index contributed by atoms with van der Waals surface area (Å²) in [4.78, 5) is 12.1. The molecule has 0 aromatic heterocycles. The Bertz CT molecular complexity index is 498. The molecule has 0 spiro atoms. The van der Waals surface area contributed by atoms with Gasteiger partial charge in [-0.25, -0.2) is 0 Å². The zero-order valence-electron chi connectivity index (χ0n) is 19.1. The summed E-state index contributed by atoms with van der Waals surface area (Å²) in [7, 11) is 1.63. The van der Waals surface area contributed by atoms with Gasteiger partial charge in [-0.3, -0.25) is 4.79 Å². The third kappa shape index (κ3) is 14.2. The Balaban J connectivity index is 1.81. The Morgan fingerprint density at radius 3 is 1.52 bits per heavy atom. The molecule has 0 aliphatic rings. The van der Waals surface area contributed by atoms with Crippen LogP contribution in [-0.2, 0) is 0 Å². The van der Waals surface area contributed by atoms with Crippen molar-refractivity contribution in [2.45, 2.75) is 110 Å². The molecule has 0 atom stereocenters. The Labute approximate surface area is 180 Å². The number of ether oxygens (including phenoxy) is 1. The van der Waals surface area contributed by atoms with E-state index < -0.39 is 0 Å². The van der Waals surface area contributed by atoms with Crippen LogP contribution in [0.15, 0.2) is 24.3 Å². The van der Waals surface area contributed by atoms with Gasteiger partial charge >= 0.3 is 0 Å². The Morgan fingerprint density at radius 2 is 1.10 bits per heavy atom. The summed E-state index contributed by atoms with van der Waals surface area (Å²) in [6.07, 6.45) is 21.9. The van der Waals surface area contributed by atoms with E-state index in [4.69, 9.17) is 4.74 Å². The molecule has 0 unspecified atom stereocenters. The average molecular weight is 404 g/mol. The number of methoxy groups -OCH3 is 1. The van der Waals surface area contributed by atoms with Gasteiger partial charge in [0.1, 0.15) is 5.75 Å². The quantitative estimate of drug-likeness (QED) is 0.240. The molecule has 1 rings (SSSR count). The maximum absolute atomic E-state index is 12.1. The standard InChI is InChI=1S/C26H45NO2/c1-3-4-5-6-7-8-9-10-11-12-13-14-15-16-17-18-23-27-26(28)24-19-21-25(29-2)22-20-24/h19-22H,3-18,23H2,1-2H3,(H,27,28). The van der Waals surface area contributed by atoms with Gasteiger partial charge in [-0.05, 0) is 30.7 Å². The fourth-order valence-corrected chi connectivity index (χ4v) is 3.72. The summed E-state index contributed by atoms with van der Waals surface area (Å²) in [5, 5.41) is 3.01. The monoisotopic (exact) mass is 403 g/mol. The van der Waals surface area contributed by atoms with E-state index in [-0.39, 0.29) is 5.91 Å². The predicted molar refractivity (Wildman–Crippen MR) is 125 cm³/mol. The second kappa shape index (κ2) is 18.5. The number of carbonyl (C=O) groups is 1. The molecule has 166 valence electrons. The smallest absolute Gasteiger partial charge is 0.251 e. The number of benzene rings is 1. The lowest BCUT2D eigenvalue weighted by Crippen LogP contribution is -2.24. The third-order valence-corrected chi connectivity index (χ3v) is 5.67. The van der Waals surface area contributed by atoms with Gasteiger partial charge in [0.15, 0.2) is 0 Å². The van der Waals surface area contributed by atoms with Gasteiger partial charge in [-0.2, -0.15) is 0 Å². The molecule has 0 heterocycles. The minimum atomic E-state index is 0.00797. The van der Waals surface area contributed by atoms with E-state index in [0.29, 0.717) is 5.56 Å². The predicted octanol–water partition coefficient (Wildman–Crippen LogP) is 7.69. The van der Waals surface area contributed by atoms with Crippen LogP contribution in [0.3, 0.4) is 0 Å². The number of nitrogens with one attached hydrogen (secondary N) is 1. The second-order valence-electron chi connectivity index (χ2n) is 8.29. The van der Waals surface area contributed by atoms with E-state index >= 15 is 0 Å². The van der Waals surface area contributed by atoms with Gasteiger partial charge in [-0.1, -0.05) is 103 Å². The summed E-state index contributed by atoms with van der Waals surface area (Å²) >= 11 is 0. The van der Waals surface area contributed by atoms with Crippen LogP contribution >= 0.6 is 0 Å². The Morgan fingerprint density at radius 1 is 0.690 bits per heavy atom. The first-order valence-corrected chi connectivity index (χ1v) is 12.2. The maximum atomic E-state index is 12.1. The topological polar surface area (TPSA) is 38.3 Å². The number of hydrogen-bond acceptors (Lipinski definition) is 2. The SMILES string of the molecule is CCCCCCCCCCCCCCCCCCNC(=O)c1ccc(OC)cc1. The van der Waals surface area contributed by atoms with Crippen LogP contribution in [-0.4, -0.2) is 19.6 Å². The minimum absolute atomic E-state index is 0.00797. The largest absolute Gasteiger partial charge is 0.497 e. The van der Waals surface area contributed by atoms with Crippen molar-refractivity contribution in [1.82, 2.24) is 5.32 Å². The van der Waals surface area contributed by atoms with Crippen molar-refractivity contribution in [3.05, 3.63) is 29.8 Å². The molecule has 0 radical (unpaired) electrons. The average Bonchev–Trinajstić information content (AvgIpc) is 2.75. The van der Waals surface area contributed by atoms with Crippen molar-refractivity contribution in [2.75, 3.05) is 13.7 Å². The van der Waals surface area contributed by atoms with Gasteiger partial charge in [0.05, 0.1) is 7.11 Å². The molecule has 0 aliphatic heterocycles. The van der Waals surface area contributed by atoms with Crippen molar-refractivity contribution in [2.24, 2.45) is 0 Å². The number of hydrogen-bond donors (Lipinski definition) is 1. The Kier molecular flexibility index (Phi) is 16.3. The summed E-state index contributed by atoms with van der Waals surface area (Å²) in [6, 6.07) is 7.26. The van der Waals surface area contributed by atoms with Crippen LogP contribution in [0.4, 0.5) is 0 Å². The first-order valence-electron chi connectivity index (χ1n) is 12.2. The van der Waals surface area contributed by atoms with Gasteiger partial charge in [-0.15, -0.1) is 0 Å². The van der Waals surface area contributed by atoms with E-state index in [9.17, 15) is 4.79 Å². The summed E-state index contributed by atoms with van der Waals surface area (Å²) in [5.41, 5.74) is 0.697. The van der Waals surface area contributed by atoms with Gasteiger partial charge in [0.25, 0.3) is 5.91 Å². The molecule has 0 fully saturated rings. The normalized spacial score (nSPS) is 10.8. The van der Waals surface area contributed by atoms with Crippen LogP contribution < -0.4 is 10.1 Å². The van der Waals surface area contributed by atoms with E-state index in [1.807, 2.05) is 24.3 Å². The number of rotatable bonds is 19. The highest BCUT2D eigenvalue weighted by atomic mass is 16.5. The molecule has 3 nitrogen and oxygen atoms in total. The van der Waals surface area contributed by atoms with E-state index in [0.717, 1.165) is 18.7 Å². The first-order chi connectivity index (χ1) is 14.3. The van der Waals surface area contributed by atoms with E-state index in [1.165, 1.54) is 96.3 Å². The summed E-state index contributed by atoms with van der Waals surface area (Å²) in [5.74, 6) is 0.785. The summed E-state index contributed by atoms with van der Waals surface area (Å²) in [6.45, 7) is 3.05. The van der Waals surface area contributed by atoms with Gasteiger partial charge < -0.3 is 10.1 Å². The van der Waals surface area contributed by atoms with Crippen LogP contribution in [0.5, 0.6) is 5.75 Å². The zero-order chi connectivity index (χ0) is 21.0. The molecule has 0 aliphatic carbocycles. The maximum Gasteiger partial charge on any atom is 0.251 e. The third-order valence-electron chi connectivity index (χ3n) is 5.67. The number of amides is 1. The minimum Gasteiger partial charge on any atom is -0.497 e. The molecule has 0 saturated heterocycles. The van der Waals surface area contributed by atoms with Crippen LogP contribution in [0.2, 0.25) is 0 Å². The van der Waals surface area contributed by atoms with Crippen LogP contribution in [0.25, 0.3) is 0 Å². The van der Waals surface area contributed by atoms with Crippen molar-refractivity contribution in [3.63, 3.8) is 0 Å². The Hall–Kier alpha value is -1.51. The molecule has 0 bridgehead atoms.